The molecule has 3 heterocycles. The second-order valence-electron chi connectivity index (χ2n) is 7.91. The number of aryl methyl sites for hydroxylation is 2. The van der Waals surface area contributed by atoms with Crippen LogP contribution >= 0.6 is 0 Å². The van der Waals surface area contributed by atoms with E-state index in [0.717, 1.165) is 44.5 Å². The summed E-state index contributed by atoms with van der Waals surface area (Å²) in [5.74, 6) is 0. The van der Waals surface area contributed by atoms with Crippen molar-refractivity contribution >= 4 is 21.9 Å². The fourth-order valence-electron chi connectivity index (χ4n) is 3.73. The molecule has 6 rings (SSSR count). The van der Waals surface area contributed by atoms with E-state index in [1.54, 1.807) is 0 Å². The van der Waals surface area contributed by atoms with Crippen molar-refractivity contribution in [2.75, 3.05) is 0 Å². The molecule has 0 bridgehead atoms. The van der Waals surface area contributed by atoms with Gasteiger partial charge in [-0.15, -0.1) is 54.1 Å². The Morgan fingerprint density at radius 3 is 2.32 bits per heavy atom. The van der Waals surface area contributed by atoms with Crippen molar-refractivity contribution < 1.29 is 24.5 Å². The molecular formula is C30H22IrN2O-2. The molecule has 6 aromatic rings. The molecule has 3 aromatic carbocycles. The molecule has 3 nitrogen and oxygen atoms in total. The molecule has 0 fully saturated rings. The van der Waals surface area contributed by atoms with Crippen LogP contribution in [0, 0.1) is 26.0 Å². The van der Waals surface area contributed by atoms with E-state index in [4.69, 9.17) is 4.42 Å². The Bertz CT molecular complexity index is 1520. The monoisotopic (exact) mass is 619 g/mol. The maximum atomic E-state index is 6.01. The standard InChI is InChI=1S/C18H12NO.C12H10N.Ir/c1-12-9-10-19-16(11-12)15-7-4-6-14-13-5-2-3-8-17(13)20-18(14)15;1-10-7-8-12(13-9-10)11-5-3-2-4-6-11;/h2-6,8-11H,1H3;2-5,7-9H,1H3;/q2*-1;. The molecule has 0 saturated carbocycles. The quantitative estimate of drug-likeness (QED) is 0.188. The summed E-state index contributed by atoms with van der Waals surface area (Å²) in [5.41, 5.74) is 7.95. The van der Waals surface area contributed by atoms with E-state index >= 15 is 0 Å². The van der Waals surface area contributed by atoms with Crippen molar-refractivity contribution in [3.63, 3.8) is 0 Å². The fraction of sp³-hybridized carbons (Fsp3) is 0.0667. The van der Waals surface area contributed by atoms with Gasteiger partial charge in [0.25, 0.3) is 0 Å². The minimum atomic E-state index is 0. The Kier molecular flexibility index (Phi) is 7.32. The van der Waals surface area contributed by atoms with Crippen LogP contribution in [0.3, 0.4) is 0 Å². The van der Waals surface area contributed by atoms with E-state index in [-0.39, 0.29) is 20.1 Å². The molecule has 0 unspecified atom stereocenters. The molecule has 0 N–H and O–H groups in total. The average molecular weight is 619 g/mol. The number of hydrogen-bond acceptors (Lipinski definition) is 3. The number of para-hydroxylation sites is 1. The van der Waals surface area contributed by atoms with Crippen LogP contribution in [-0.2, 0) is 20.1 Å². The van der Waals surface area contributed by atoms with E-state index in [1.165, 1.54) is 11.1 Å². The topological polar surface area (TPSA) is 38.9 Å². The molecule has 0 aliphatic rings. The number of hydrogen-bond donors (Lipinski definition) is 0. The summed E-state index contributed by atoms with van der Waals surface area (Å²) in [5, 5.41) is 2.24. The van der Waals surface area contributed by atoms with Crippen molar-refractivity contribution in [3.05, 3.63) is 121 Å². The normalized spacial score (nSPS) is 10.4. The SMILES string of the molecule is Cc1ccc(-c2[c-]cccc2)nc1.Cc1ccnc(-c2[c-]ccc3c2oc2ccccc23)c1.[Ir]. The van der Waals surface area contributed by atoms with Crippen LogP contribution in [0.4, 0.5) is 0 Å². The fourth-order valence-corrected chi connectivity index (χ4v) is 3.73. The van der Waals surface area contributed by atoms with Crippen molar-refractivity contribution in [2.45, 2.75) is 13.8 Å². The van der Waals surface area contributed by atoms with Gasteiger partial charge in [0, 0.05) is 37.9 Å². The summed E-state index contributed by atoms with van der Waals surface area (Å²) in [6.07, 6.45) is 3.69. The number of aromatic nitrogens is 2. The predicted molar refractivity (Wildman–Crippen MR) is 134 cm³/mol. The zero-order chi connectivity index (χ0) is 22.6. The molecule has 0 saturated heterocycles. The van der Waals surface area contributed by atoms with Crippen LogP contribution in [0.5, 0.6) is 0 Å². The summed E-state index contributed by atoms with van der Waals surface area (Å²) in [6.45, 7) is 4.09. The molecule has 0 atom stereocenters. The van der Waals surface area contributed by atoms with E-state index in [1.807, 2.05) is 86.0 Å². The van der Waals surface area contributed by atoms with Crippen LogP contribution in [0.25, 0.3) is 44.5 Å². The summed E-state index contributed by atoms with van der Waals surface area (Å²) in [7, 11) is 0. The predicted octanol–water partition coefficient (Wildman–Crippen LogP) is 7.61. The van der Waals surface area contributed by atoms with Gasteiger partial charge in [-0.1, -0.05) is 52.9 Å². The Hall–Kier alpha value is -3.59. The van der Waals surface area contributed by atoms with Gasteiger partial charge < -0.3 is 14.4 Å². The maximum Gasteiger partial charge on any atom is 0.120 e. The van der Waals surface area contributed by atoms with Crippen molar-refractivity contribution in [3.8, 4) is 22.5 Å². The van der Waals surface area contributed by atoms with Gasteiger partial charge in [0.15, 0.2) is 0 Å². The number of nitrogens with zero attached hydrogens (tertiary/aromatic N) is 2. The van der Waals surface area contributed by atoms with Gasteiger partial charge in [0.05, 0.1) is 5.58 Å². The zero-order valence-corrected chi connectivity index (χ0v) is 21.3. The first-order valence-electron chi connectivity index (χ1n) is 10.8. The molecular weight excluding hydrogens is 597 g/mol. The van der Waals surface area contributed by atoms with E-state index in [9.17, 15) is 0 Å². The first kappa shape index (κ1) is 23.6. The number of benzene rings is 3. The third kappa shape index (κ3) is 4.99. The Morgan fingerprint density at radius 2 is 1.56 bits per heavy atom. The molecule has 0 aliphatic heterocycles. The van der Waals surface area contributed by atoms with Crippen LogP contribution in [0.15, 0.2) is 102 Å². The number of rotatable bonds is 2. The Morgan fingerprint density at radius 1 is 0.706 bits per heavy atom. The van der Waals surface area contributed by atoms with Gasteiger partial charge in [-0.2, -0.15) is 0 Å². The zero-order valence-electron chi connectivity index (χ0n) is 18.9. The summed E-state index contributed by atoms with van der Waals surface area (Å²) < 4.78 is 6.01. The Balaban J connectivity index is 0.000000171. The van der Waals surface area contributed by atoms with Crippen LogP contribution in [0.1, 0.15) is 11.1 Å². The molecule has 0 amide bonds. The molecule has 4 heteroatoms. The van der Waals surface area contributed by atoms with E-state index in [2.05, 4.69) is 47.2 Å². The number of pyridine rings is 2. The number of fused-ring (bicyclic) bond motifs is 3. The number of furan rings is 1. The largest absolute Gasteiger partial charge is 0.501 e. The summed E-state index contributed by atoms with van der Waals surface area (Å²) >= 11 is 0. The first-order valence-corrected chi connectivity index (χ1v) is 10.8. The van der Waals surface area contributed by atoms with Crippen LogP contribution in [-0.4, -0.2) is 9.97 Å². The third-order valence-electron chi connectivity index (χ3n) is 5.41. The molecule has 1 radical (unpaired) electrons. The van der Waals surface area contributed by atoms with Crippen molar-refractivity contribution in [2.24, 2.45) is 0 Å². The van der Waals surface area contributed by atoms with Gasteiger partial charge in [-0.3, -0.25) is 0 Å². The van der Waals surface area contributed by atoms with Gasteiger partial charge in [0.1, 0.15) is 5.58 Å². The Labute approximate surface area is 212 Å². The maximum absolute atomic E-state index is 6.01. The van der Waals surface area contributed by atoms with Gasteiger partial charge in [0.2, 0.25) is 0 Å². The van der Waals surface area contributed by atoms with E-state index < -0.39 is 0 Å². The average Bonchev–Trinajstić information content (AvgIpc) is 3.24. The van der Waals surface area contributed by atoms with Gasteiger partial charge in [-0.25, -0.2) is 0 Å². The summed E-state index contributed by atoms with van der Waals surface area (Å²) in [4.78, 5) is 8.76. The molecule has 3 aromatic heterocycles. The molecule has 0 spiro atoms. The molecule has 169 valence electrons. The van der Waals surface area contributed by atoms with Crippen molar-refractivity contribution in [1.82, 2.24) is 9.97 Å². The third-order valence-corrected chi connectivity index (χ3v) is 5.41. The molecule has 34 heavy (non-hydrogen) atoms. The second-order valence-corrected chi connectivity index (χ2v) is 7.91. The van der Waals surface area contributed by atoms with E-state index in [0.29, 0.717) is 0 Å². The van der Waals surface area contributed by atoms with Crippen LogP contribution in [0.2, 0.25) is 0 Å². The summed E-state index contributed by atoms with van der Waals surface area (Å²) in [6, 6.07) is 34.4. The van der Waals surface area contributed by atoms with Gasteiger partial charge in [-0.05, 0) is 42.9 Å². The smallest absolute Gasteiger partial charge is 0.120 e. The molecule has 0 aliphatic carbocycles. The second kappa shape index (κ2) is 10.6. The van der Waals surface area contributed by atoms with Gasteiger partial charge >= 0.3 is 0 Å². The first-order chi connectivity index (χ1) is 16.2. The van der Waals surface area contributed by atoms with Crippen LogP contribution < -0.4 is 0 Å². The minimum Gasteiger partial charge on any atom is -0.501 e. The minimum absolute atomic E-state index is 0. The van der Waals surface area contributed by atoms with Crippen molar-refractivity contribution in [1.29, 1.82) is 0 Å².